The molecule has 0 amide bonds. The number of rotatable bonds is 2. The Kier molecular flexibility index (Phi) is 2.29. The maximum Gasteiger partial charge on any atom is 0.274 e. The molecule has 2 aromatic rings. The summed E-state index contributed by atoms with van der Waals surface area (Å²) < 4.78 is 7.51. The van der Waals surface area contributed by atoms with E-state index < -0.39 is 0 Å². The summed E-state index contributed by atoms with van der Waals surface area (Å²) in [5, 5.41) is 5.68. The largest absolute Gasteiger partial charge is 0.371 e. The van der Waals surface area contributed by atoms with Crippen molar-refractivity contribution < 1.29 is 4.74 Å². The molecule has 0 N–H and O–H groups in total. The Hall–Kier alpha value is -1.20. The maximum atomic E-state index is 12.0. The van der Waals surface area contributed by atoms with Gasteiger partial charge >= 0.3 is 0 Å². The summed E-state index contributed by atoms with van der Waals surface area (Å²) >= 11 is 3.37. The predicted octanol–water partition coefficient (Wildman–Crippen LogP) is 1.56. The molecule has 1 atom stereocenters. The first-order valence-corrected chi connectivity index (χ1v) is 5.80. The SMILES string of the molecule is O=c1c2ccc(Br)cc2cnn1C[C@@H]1CO1. The molecule has 3 rings (SSSR count). The molecule has 4 nitrogen and oxygen atoms in total. The third kappa shape index (κ3) is 1.76. The van der Waals surface area contributed by atoms with Crippen molar-refractivity contribution >= 4 is 26.7 Å². The fraction of sp³-hybridized carbons (Fsp3) is 0.273. The number of epoxide rings is 1. The smallest absolute Gasteiger partial charge is 0.274 e. The molecule has 16 heavy (non-hydrogen) atoms. The van der Waals surface area contributed by atoms with E-state index in [0.717, 1.165) is 16.5 Å². The molecular formula is C11H9BrN2O2. The van der Waals surface area contributed by atoms with Gasteiger partial charge < -0.3 is 4.74 Å². The van der Waals surface area contributed by atoms with Gasteiger partial charge in [0, 0.05) is 9.86 Å². The molecule has 1 aromatic heterocycles. The number of nitrogens with zero attached hydrogens (tertiary/aromatic N) is 2. The van der Waals surface area contributed by atoms with E-state index in [1.807, 2.05) is 18.2 Å². The molecule has 1 aromatic carbocycles. The van der Waals surface area contributed by atoms with Gasteiger partial charge in [-0.25, -0.2) is 4.68 Å². The van der Waals surface area contributed by atoms with Gasteiger partial charge in [0.15, 0.2) is 0 Å². The molecule has 0 aliphatic carbocycles. The third-order valence-electron chi connectivity index (χ3n) is 2.59. The normalized spacial score (nSPS) is 18.9. The lowest BCUT2D eigenvalue weighted by molar-refractivity contribution is 0.369. The van der Waals surface area contributed by atoms with Crippen molar-refractivity contribution in [2.24, 2.45) is 0 Å². The van der Waals surface area contributed by atoms with Crippen LogP contribution in [0.25, 0.3) is 10.8 Å². The minimum absolute atomic E-state index is 0.0551. The molecule has 0 unspecified atom stereocenters. The van der Waals surface area contributed by atoms with Gasteiger partial charge in [0.25, 0.3) is 5.56 Å². The van der Waals surface area contributed by atoms with Gasteiger partial charge in [-0.15, -0.1) is 0 Å². The fourth-order valence-electron chi connectivity index (χ4n) is 1.65. The Morgan fingerprint density at radius 3 is 3.12 bits per heavy atom. The highest BCUT2D eigenvalue weighted by Crippen LogP contribution is 2.16. The van der Waals surface area contributed by atoms with Crippen LogP contribution in [0.5, 0.6) is 0 Å². The van der Waals surface area contributed by atoms with E-state index in [2.05, 4.69) is 21.0 Å². The van der Waals surface area contributed by atoms with Crippen LogP contribution in [0.2, 0.25) is 0 Å². The van der Waals surface area contributed by atoms with Gasteiger partial charge in [-0.3, -0.25) is 4.79 Å². The molecule has 2 heterocycles. The van der Waals surface area contributed by atoms with Crippen LogP contribution in [-0.2, 0) is 11.3 Å². The van der Waals surface area contributed by atoms with E-state index in [-0.39, 0.29) is 11.7 Å². The minimum atomic E-state index is -0.0551. The monoisotopic (exact) mass is 280 g/mol. The third-order valence-corrected chi connectivity index (χ3v) is 3.09. The zero-order chi connectivity index (χ0) is 11.1. The average molecular weight is 281 g/mol. The molecule has 0 bridgehead atoms. The Morgan fingerprint density at radius 1 is 1.56 bits per heavy atom. The van der Waals surface area contributed by atoms with Crippen LogP contribution in [0.1, 0.15) is 0 Å². The minimum Gasteiger partial charge on any atom is -0.371 e. The molecular weight excluding hydrogens is 272 g/mol. The lowest BCUT2D eigenvalue weighted by Gasteiger charge is -2.03. The van der Waals surface area contributed by atoms with E-state index in [1.165, 1.54) is 4.68 Å². The van der Waals surface area contributed by atoms with Gasteiger partial charge in [0.2, 0.25) is 0 Å². The summed E-state index contributed by atoms with van der Waals surface area (Å²) in [5.74, 6) is 0. The second-order valence-corrected chi connectivity index (χ2v) is 4.73. The van der Waals surface area contributed by atoms with E-state index in [4.69, 9.17) is 4.74 Å². The van der Waals surface area contributed by atoms with Gasteiger partial charge in [-0.05, 0) is 18.2 Å². The predicted molar refractivity (Wildman–Crippen MR) is 63.4 cm³/mol. The maximum absolute atomic E-state index is 12.0. The molecule has 1 saturated heterocycles. The highest BCUT2D eigenvalue weighted by atomic mass is 79.9. The zero-order valence-corrected chi connectivity index (χ0v) is 9.98. The number of hydrogen-bond donors (Lipinski definition) is 0. The number of fused-ring (bicyclic) bond motifs is 1. The summed E-state index contributed by atoms with van der Waals surface area (Å²) in [7, 11) is 0. The first-order valence-electron chi connectivity index (χ1n) is 5.01. The van der Waals surface area contributed by atoms with Crippen molar-refractivity contribution in [3.05, 3.63) is 39.2 Å². The Labute approximate surface area is 100.0 Å². The van der Waals surface area contributed by atoms with Crippen molar-refractivity contribution in [3.63, 3.8) is 0 Å². The van der Waals surface area contributed by atoms with E-state index in [0.29, 0.717) is 11.9 Å². The summed E-state index contributed by atoms with van der Waals surface area (Å²) in [6.07, 6.45) is 1.88. The van der Waals surface area contributed by atoms with Crippen molar-refractivity contribution in [1.82, 2.24) is 9.78 Å². The van der Waals surface area contributed by atoms with Crippen molar-refractivity contribution in [1.29, 1.82) is 0 Å². The van der Waals surface area contributed by atoms with Gasteiger partial charge in [0.1, 0.15) is 6.10 Å². The molecule has 0 spiro atoms. The topological polar surface area (TPSA) is 47.4 Å². The Balaban J connectivity index is 2.15. The number of benzene rings is 1. The zero-order valence-electron chi connectivity index (χ0n) is 8.39. The van der Waals surface area contributed by atoms with E-state index in [1.54, 1.807) is 6.20 Å². The first kappa shape index (κ1) is 9.99. The van der Waals surface area contributed by atoms with Crippen molar-refractivity contribution in [3.8, 4) is 0 Å². The van der Waals surface area contributed by atoms with Crippen LogP contribution in [0.15, 0.2) is 33.7 Å². The molecule has 82 valence electrons. The van der Waals surface area contributed by atoms with Gasteiger partial charge in [-0.1, -0.05) is 15.9 Å². The molecule has 5 heteroatoms. The van der Waals surface area contributed by atoms with Crippen LogP contribution in [0.4, 0.5) is 0 Å². The van der Waals surface area contributed by atoms with Crippen LogP contribution in [0, 0.1) is 0 Å². The number of ether oxygens (including phenoxy) is 1. The van der Waals surface area contributed by atoms with Crippen LogP contribution in [0.3, 0.4) is 0 Å². The van der Waals surface area contributed by atoms with Crippen LogP contribution < -0.4 is 5.56 Å². The molecule has 0 saturated carbocycles. The highest BCUT2D eigenvalue weighted by molar-refractivity contribution is 9.10. The Morgan fingerprint density at radius 2 is 2.38 bits per heavy atom. The summed E-state index contributed by atoms with van der Waals surface area (Å²) in [6.45, 7) is 1.28. The van der Waals surface area contributed by atoms with Gasteiger partial charge in [0.05, 0.1) is 24.7 Å². The molecule has 1 fully saturated rings. The van der Waals surface area contributed by atoms with Gasteiger partial charge in [-0.2, -0.15) is 5.10 Å². The number of aromatic nitrogens is 2. The van der Waals surface area contributed by atoms with E-state index >= 15 is 0 Å². The lowest BCUT2D eigenvalue weighted by atomic mass is 10.2. The van der Waals surface area contributed by atoms with E-state index in [9.17, 15) is 4.79 Å². The first-order chi connectivity index (χ1) is 7.74. The van der Waals surface area contributed by atoms with Crippen molar-refractivity contribution in [2.75, 3.05) is 6.61 Å². The quantitative estimate of drug-likeness (QED) is 0.785. The summed E-state index contributed by atoms with van der Waals surface area (Å²) in [5.41, 5.74) is -0.0551. The lowest BCUT2D eigenvalue weighted by Crippen LogP contribution is -2.24. The number of hydrogen-bond acceptors (Lipinski definition) is 3. The average Bonchev–Trinajstić information content (AvgIpc) is 3.06. The van der Waals surface area contributed by atoms with Crippen LogP contribution >= 0.6 is 15.9 Å². The fourth-order valence-corrected chi connectivity index (χ4v) is 2.03. The molecule has 1 aliphatic heterocycles. The summed E-state index contributed by atoms with van der Waals surface area (Å²) in [6, 6.07) is 5.57. The molecule has 0 radical (unpaired) electrons. The molecule has 1 aliphatic rings. The van der Waals surface area contributed by atoms with Crippen LogP contribution in [-0.4, -0.2) is 22.5 Å². The highest BCUT2D eigenvalue weighted by Gasteiger charge is 2.24. The number of halogens is 1. The standard InChI is InChI=1S/C11H9BrN2O2/c12-8-1-2-10-7(3-8)4-13-14(11(10)15)5-9-6-16-9/h1-4,9H,5-6H2/t9-/m1/s1. The summed E-state index contributed by atoms with van der Waals surface area (Å²) in [4.78, 5) is 12.0. The second kappa shape index (κ2) is 3.68. The van der Waals surface area contributed by atoms with Crippen molar-refractivity contribution in [2.45, 2.75) is 12.6 Å². The second-order valence-electron chi connectivity index (χ2n) is 3.82. The Bertz CT molecular complexity index is 604.